The number of nitro groups is 2. The number of nitrogens with zero attached hydrogens (tertiary/aromatic N) is 2. The summed E-state index contributed by atoms with van der Waals surface area (Å²) in [6.45, 7) is -0.410. The van der Waals surface area contributed by atoms with E-state index < -0.39 is 15.5 Å². The van der Waals surface area contributed by atoms with Gasteiger partial charge in [0.05, 0.1) is 22.5 Å². The van der Waals surface area contributed by atoms with Gasteiger partial charge in [0.15, 0.2) is 5.75 Å². The summed E-state index contributed by atoms with van der Waals surface area (Å²) in [6, 6.07) is 3.04. The molecule has 86 valence electrons. The highest BCUT2D eigenvalue weighted by molar-refractivity contribution is 5.53. The van der Waals surface area contributed by atoms with Gasteiger partial charge in [-0.3, -0.25) is 20.2 Å². The van der Waals surface area contributed by atoms with Crippen LogP contribution in [-0.2, 0) is 0 Å². The first kappa shape index (κ1) is 11.9. The van der Waals surface area contributed by atoms with Crippen molar-refractivity contribution in [3.8, 4) is 5.75 Å². The predicted molar refractivity (Wildman–Crippen MR) is 52.3 cm³/mol. The van der Waals surface area contributed by atoms with Gasteiger partial charge in [0, 0.05) is 6.07 Å². The van der Waals surface area contributed by atoms with Crippen LogP contribution in [0.3, 0.4) is 0 Å². The highest BCUT2D eigenvalue weighted by Gasteiger charge is 2.20. The third-order valence-corrected chi connectivity index (χ3v) is 1.70. The Hall–Kier alpha value is -2.22. The molecule has 0 aliphatic carbocycles. The van der Waals surface area contributed by atoms with Crippen LogP contribution in [0.1, 0.15) is 0 Å². The van der Waals surface area contributed by atoms with E-state index in [9.17, 15) is 20.2 Å². The molecule has 0 saturated heterocycles. The van der Waals surface area contributed by atoms with E-state index in [1.54, 1.807) is 0 Å². The first-order valence-electron chi connectivity index (χ1n) is 4.22. The lowest BCUT2D eigenvalue weighted by Gasteiger charge is -2.04. The maximum absolute atomic E-state index is 10.6. The Morgan fingerprint density at radius 3 is 2.44 bits per heavy atom. The summed E-state index contributed by atoms with van der Waals surface area (Å²) in [6.07, 6.45) is 0. The molecular formula is C8H8N2O6. The summed E-state index contributed by atoms with van der Waals surface area (Å²) in [5.74, 6) is -0.107. The van der Waals surface area contributed by atoms with Crippen LogP contribution >= 0.6 is 0 Å². The standard InChI is InChI=1S/C8H8N2O6/c11-3-4-16-8-2-1-6(9(12)13)5-7(8)10(14)15/h1-2,5,11H,3-4H2. The molecule has 1 N–H and O–H groups in total. The summed E-state index contributed by atoms with van der Waals surface area (Å²) in [5, 5.41) is 29.5. The largest absolute Gasteiger partial charge is 0.484 e. The minimum atomic E-state index is -0.778. The number of hydrogen-bond acceptors (Lipinski definition) is 6. The molecule has 16 heavy (non-hydrogen) atoms. The fourth-order valence-electron chi connectivity index (χ4n) is 1.04. The molecule has 1 aromatic carbocycles. The van der Waals surface area contributed by atoms with Gasteiger partial charge in [-0.15, -0.1) is 0 Å². The van der Waals surface area contributed by atoms with Gasteiger partial charge in [-0.05, 0) is 6.07 Å². The zero-order chi connectivity index (χ0) is 12.1. The van der Waals surface area contributed by atoms with Crippen molar-refractivity contribution in [1.82, 2.24) is 0 Å². The molecule has 0 spiro atoms. The summed E-state index contributed by atoms with van der Waals surface area (Å²) < 4.78 is 4.87. The Kier molecular flexibility index (Phi) is 3.72. The van der Waals surface area contributed by atoms with Crippen molar-refractivity contribution in [2.24, 2.45) is 0 Å². The average Bonchev–Trinajstić information content (AvgIpc) is 2.25. The Morgan fingerprint density at radius 2 is 1.94 bits per heavy atom. The fraction of sp³-hybridized carbons (Fsp3) is 0.250. The van der Waals surface area contributed by atoms with Crippen molar-refractivity contribution in [2.75, 3.05) is 13.2 Å². The molecule has 8 heteroatoms. The van der Waals surface area contributed by atoms with Crippen molar-refractivity contribution >= 4 is 11.4 Å². The van der Waals surface area contributed by atoms with Crippen LogP contribution in [0.4, 0.5) is 11.4 Å². The first-order chi connectivity index (χ1) is 7.56. The quantitative estimate of drug-likeness (QED) is 0.590. The number of non-ortho nitro benzene ring substituents is 1. The second-order valence-electron chi connectivity index (χ2n) is 2.74. The SMILES string of the molecule is O=[N+]([O-])c1ccc(OCCO)c([N+](=O)[O-])c1. The van der Waals surface area contributed by atoms with E-state index in [-0.39, 0.29) is 24.7 Å². The molecule has 0 bridgehead atoms. The third-order valence-electron chi connectivity index (χ3n) is 1.70. The first-order valence-corrected chi connectivity index (χ1v) is 4.22. The van der Waals surface area contributed by atoms with Gasteiger partial charge in [-0.1, -0.05) is 0 Å². The van der Waals surface area contributed by atoms with Crippen LogP contribution in [0.15, 0.2) is 18.2 Å². The number of benzene rings is 1. The van der Waals surface area contributed by atoms with Crippen LogP contribution in [0.25, 0.3) is 0 Å². The Bertz CT molecular complexity index is 419. The van der Waals surface area contributed by atoms with E-state index in [1.807, 2.05) is 0 Å². The van der Waals surface area contributed by atoms with Crippen LogP contribution in [0.2, 0.25) is 0 Å². The molecule has 0 amide bonds. The van der Waals surface area contributed by atoms with Crippen molar-refractivity contribution in [3.63, 3.8) is 0 Å². The fourth-order valence-corrected chi connectivity index (χ4v) is 1.04. The third kappa shape index (κ3) is 2.64. The van der Waals surface area contributed by atoms with Crippen molar-refractivity contribution in [2.45, 2.75) is 0 Å². The Labute approximate surface area is 89.4 Å². The summed E-state index contributed by atoms with van der Waals surface area (Å²) in [5.41, 5.74) is -0.884. The molecule has 1 rings (SSSR count). The minimum Gasteiger partial charge on any atom is -0.484 e. The molecule has 0 atom stereocenters. The van der Waals surface area contributed by atoms with Gasteiger partial charge in [-0.2, -0.15) is 0 Å². The van der Waals surface area contributed by atoms with Gasteiger partial charge in [0.25, 0.3) is 5.69 Å². The molecule has 0 radical (unpaired) electrons. The highest BCUT2D eigenvalue weighted by atomic mass is 16.6. The van der Waals surface area contributed by atoms with Gasteiger partial charge < -0.3 is 9.84 Å². The lowest BCUT2D eigenvalue weighted by Crippen LogP contribution is -2.04. The molecule has 0 aliphatic heterocycles. The number of aliphatic hydroxyl groups is 1. The predicted octanol–water partition coefficient (Wildman–Crippen LogP) is 0.874. The number of aliphatic hydroxyl groups excluding tert-OH is 1. The average molecular weight is 228 g/mol. The number of hydrogen-bond donors (Lipinski definition) is 1. The van der Waals surface area contributed by atoms with Crippen LogP contribution in [0.5, 0.6) is 5.75 Å². The maximum atomic E-state index is 10.6. The van der Waals surface area contributed by atoms with Crippen molar-refractivity contribution < 1.29 is 19.7 Å². The molecule has 0 fully saturated rings. The van der Waals surface area contributed by atoms with Gasteiger partial charge in [0.2, 0.25) is 0 Å². The molecular weight excluding hydrogens is 220 g/mol. The maximum Gasteiger partial charge on any atom is 0.317 e. The van der Waals surface area contributed by atoms with Crippen LogP contribution < -0.4 is 4.74 Å². The van der Waals surface area contributed by atoms with E-state index >= 15 is 0 Å². The second-order valence-corrected chi connectivity index (χ2v) is 2.74. The summed E-state index contributed by atoms with van der Waals surface area (Å²) in [7, 11) is 0. The zero-order valence-corrected chi connectivity index (χ0v) is 8.03. The zero-order valence-electron chi connectivity index (χ0n) is 8.03. The molecule has 0 saturated carbocycles. The van der Waals surface area contributed by atoms with E-state index in [1.165, 1.54) is 0 Å². The number of rotatable bonds is 5. The lowest BCUT2D eigenvalue weighted by atomic mass is 10.2. The Balaban J connectivity index is 3.09. The number of nitro benzene ring substituents is 2. The van der Waals surface area contributed by atoms with E-state index in [4.69, 9.17) is 9.84 Å². The number of ether oxygens (including phenoxy) is 1. The smallest absolute Gasteiger partial charge is 0.317 e. The second kappa shape index (κ2) is 5.03. The topological polar surface area (TPSA) is 116 Å². The molecule has 0 aromatic heterocycles. The monoisotopic (exact) mass is 228 g/mol. The normalized spacial score (nSPS) is 9.81. The minimum absolute atomic E-state index is 0.107. The van der Waals surface area contributed by atoms with E-state index in [0.29, 0.717) is 0 Å². The Morgan fingerprint density at radius 1 is 1.25 bits per heavy atom. The van der Waals surface area contributed by atoms with Gasteiger partial charge >= 0.3 is 5.69 Å². The van der Waals surface area contributed by atoms with Crippen molar-refractivity contribution in [1.29, 1.82) is 0 Å². The molecule has 0 unspecified atom stereocenters. The van der Waals surface area contributed by atoms with Crippen molar-refractivity contribution in [3.05, 3.63) is 38.4 Å². The molecule has 8 nitrogen and oxygen atoms in total. The van der Waals surface area contributed by atoms with E-state index in [2.05, 4.69) is 0 Å². The van der Waals surface area contributed by atoms with Gasteiger partial charge in [0.1, 0.15) is 6.61 Å². The molecule has 0 aliphatic rings. The molecule has 0 heterocycles. The van der Waals surface area contributed by atoms with Crippen LogP contribution in [0, 0.1) is 20.2 Å². The van der Waals surface area contributed by atoms with Gasteiger partial charge in [-0.25, -0.2) is 0 Å². The summed E-state index contributed by atoms with van der Waals surface area (Å²) in [4.78, 5) is 19.5. The summed E-state index contributed by atoms with van der Waals surface area (Å²) >= 11 is 0. The van der Waals surface area contributed by atoms with Crippen LogP contribution in [-0.4, -0.2) is 28.2 Å². The highest BCUT2D eigenvalue weighted by Crippen LogP contribution is 2.30. The molecule has 1 aromatic rings. The lowest BCUT2D eigenvalue weighted by molar-refractivity contribution is -0.394. The van der Waals surface area contributed by atoms with E-state index in [0.717, 1.165) is 18.2 Å².